The fourth-order valence-corrected chi connectivity index (χ4v) is 1.80. The van der Waals surface area contributed by atoms with E-state index in [2.05, 4.69) is 30.4 Å². The first kappa shape index (κ1) is 12.4. The predicted molar refractivity (Wildman–Crippen MR) is 73.8 cm³/mol. The lowest BCUT2D eigenvalue weighted by molar-refractivity contribution is 0.466. The van der Waals surface area contributed by atoms with Gasteiger partial charge in [0.25, 0.3) is 5.88 Å². The fourth-order valence-electron chi connectivity index (χ4n) is 1.80. The Labute approximate surface area is 115 Å². The van der Waals surface area contributed by atoms with E-state index in [9.17, 15) is 0 Å². The molecule has 0 spiro atoms. The summed E-state index contributed by atoms with van der Waals surface area (Å²) in [6, 6.07) is 0. The van der Waals surface area contributed by atoms with Crippen molar-refractivity contribution in [2.75, 3.05) is 11.9 Å². The molecule has 0 aromatic carbocycles. The van der Waals surface area contributed by atoms with Gasteiger partial charge in [0, 0.05) is 13.1 Å². The molecule has 2 N–H and O–H groups in total. The second kappa shape index (κ2) is 5.16. The molecule has 0 fully saturated rings. The maximum absolute atomic E-state index is 5.77. The summed E-state index contributed by atoms with van der Waals surface area (Å²) in [5, 5.41) is 7.22. The number of rotatable bonds is 5. The monoisotopic (exact) mass is 273 g/mol. The molecule has 104 valence electrons. The average Bonchev–Trinajstić information content (AvgIpc) is 3.07. The van der Waals surface area contributed by atoms with Gasteiger partial charge in [0.15, 0.2) is 11.4 Å². The Morgan fingerprint density at radius 1 is 1.35 bits per heavy atom. The second-order valence-electron chi connectivity index (χ2n) is 4.12. The molecule has 0 aliphatic heterocycles. The standard InChI is InChI=1S/C12H15N7O/c1-3-13-12-17-10-9(14-7-15-10)11(18-12)20-8-5-16-19(4-2)6-8/h5-7H,3-4H2,1-2H3,(H2,13,14,15,17,18). The Morgan fingerprint density at radius 2 is 2.25 bits per heavy atom. The molecule has 0 saturated heterocycles. The summed E-state index contributed by atoms with van der Waals surface area (Å²) in [4.78, 5) is 15.7. The quantitative estimate of drug-likeness (QED) is 0.736. The third kappa shape index (κ3) is 2.27. The zero-order valence-corrected chi connectivity index (χ0v) is 11.3. The average molecular weight is 273 g/mol. The van der Waals surface area contributed by atoms with Crippen LogP contribution in [0.15, 0.2) is 18.7 Å². The topological polar surface area (TPSA) is 93.5 Å². The Morgan fingerprint density at radius 3 is 3.00 bits per heavy atom. The summed E-state index contributed by atoms with van der Waals surface area (Å²) >= 11 is 0. The van der Waals surface area contributed by atoms with Gasteiger partial charge in [0.1, 0.15) is 5.52 Å². The number of hydrogen-bond donors (Lipinski definition) is 2. The minimum atomic E-state index is 0.430. The molecule has 3 heterocycles. The summed E-state index contributed by atoms with van der Waals surface area (Å²) in [7, 11) is 0. The molecule has 0 unspecified atom stereocenters. The van der Waals surface area contributed by atoms with Gasteiger partial charge in [-0.3, -0.25) is 4.68 Å². The van der Waals surface area contributed by atoms with Crippen LogP contribution in [0.3, 0.4) is 0 Å². The molecule has 3 aromatic heterocycles. The molecule has 8 heteroatoms. The second-order valence-corrected chi connectivity index (χ2v) is 4.12. The van der Waals surface area contributed by atoms with Crippen molar-refractivity contribution in [1.29, 1.82) is 0 Å². The summed E-state index contributed by atoms with van der Waals surface area (Å²) in [6.45, 7) is 5.50. The molecule has 0 aliphatic rings. The van der Waals surface area contributed by atoms with Crippen LogP contribution in [-0.4, -0.2) is 36.3 Å². The van der Waals surface area contributed by atoms with Crippen LogP contribution in [-0.2, 0) is 6.54 Å². The first-order valence-corrected chi connectivity index (χ1v) is 6.45. The Balaban J connectivity index is 1.98. The van der Waals surface area contributed by atoms with E-state index in [1.807, 2.05) is 20.0 Å². The van der Waals surface area contributed by atoms with Crippen molar-refractivity contribution in [3.8, 4) is 11.6 Å². The molecule has 0 aliphatic carbocycles. The first-order valence-electron chi connectivity index (χ1n) is 6.45. The highest BCUT2D eigenvalue weighted by Gasteiger charge is 2.12. The van der Waals surface area contributed by atoms with E-state index in [1.165, 1.54) is 0 Å². The molecule has 0 bridgehead atoms. The summed E-state index contributed by atoms with van der Waals surface area (Å²) in [5.74, 6) is 1.55. The Hall–Kier alpha value is -2.64. The fraction of sp³-hybridized carbons (Fsp3) is 0.333. The van der Waals surface area contributed by atoms with E-state index in [4.69, 9.17) is 4.74 Å². The molecule has 0 radical (unpaired) electrons. The predicted octanol–water partition coefficient (Wildman–Crippen LogP) is 1.79. The highest BCUT2D eigenvalue weighted by molar-refractivity contribution is 5.77. The number of hydrogen-bond acceptors (Lipinski definition) is 6. The number of anilines is 1. The highest BCUT2D eigenvalue weighted by atomic mass is 16.5. The number of nitrogens with zero attached hydrogens (tertiary/aromatic N) is 5. The molecule has 0 atom stereocenters. The van der Waals surface area contributed by atoms with Gasteiger partial charge < -0.3 is 15.0 Å². The van der Waals surface area contributed by atoms with Crippen molar-refractivity contribution in [3.05, 3.63) is 18.7 Å². The third-order valence-corrected chi connectivity index (χ3v) is 2.74. The van der Waals surface area contributed by atoms with E-state index in [-0.39, 0.29) is 0 Å². The Kier molecular flexibility index (Phi) is 3.20. The maximum Gasteiger partial charge on any atom is 0.250 e. The molecule has 0 amide bonds. The van der Waals surface area contributed by atoms with Crippen molar-refractivity contribution >= 4 is 17.1 Å². The van der Waals surface area contributed by atoms with Gasteiger partial charge in [-0.15, -0.1) is 0 Å². The minimum absolute atomic E-state index is 0.430. The number of ether oxygens (including phenoxy) is 1. The van der Waals surface area contributed by atoms with E-state index < -0.39 is 0 Å². The van der Waals surface area contributed by atoms with Crippen LogP contribution >= 0.6 is 0 Å². The first-order chi connectivity index (χ1) is 9.80. The molecule has 3 aromatic rings. The van der Waals surface area contributed by atoms with E-state index in [0.29, 0.717) is 28.7 Å². The van der Waals surface area contributed by atoms with Crippen molar-refractivity contribution < 1.29 is 4.74 Å². The van der Waals surface area contributed by atoms with E-state index in [1.54, 1.807) is 17.2 Å². The van der Waals surface area contributed by atoms with Crippen LogP contribution in [0.4, 0.5) is 5.95 Å². The molecular formula is C12H15N7O. The van der Waals surface area contributed by atoms with Crippen LogP contribution in [0.1, 0.15) is 13.8 Å². The number of aromatic amines is 1. The normalized spacial score (nSPS) is 10.9. The zero-order chi connectivity index (χ0) is 13.9. The third-order valence-electron chi connectivity index (χ3n) is 2.74. The highest BCUT2D eigenvalue weighted by Crippen LogP contribution is 2.26. The SMILES string of the molecule is CCNc1nc(Oc2cnn(CC)c2)c2[nH]cnc2n1. The van der Waals surface area contributed by atoms with Crippen molar-refractivity contribution in [2.24, 2.45) is 0 Å². The lowest BCUT2D eigenvalue weighted by Crippen LogP contribution is -2.03. The number of aryl methyl sites for hydroxylation is 1. The molecule has 3 rings (SSSR count). The molecular weight excluding hydrogens is 258 g/mol. The van der Waals surface area contributed by atoms with Gasteiger partial charge in [-0.05, 0) is 13.8 Å². The number of nitrogens with one attached hydrogen (secondary N) is 2. The molecule has 0 saturated carbocycles. The van der Waals surface area contributed by atoms with E-state index >= 15 is 0 Å². The molecule has 8 nitrogen and oxygen atoms in total. The number of fused-ring (bicyclic) bond motifs is 1. The summed E-state index contributed by atoms with van der Waals surface area (Å²) in [5.41, 5.74) is 1.23. The Bertz CT molecular complexity index is 717. The maximum atomic E-state index is 5.77. The van der Waals surface area contributed by atoms with Gasteiger partial charge in [-0.1, -0.05) is 0 Å². The number of imidazole rings is 1. The van der Waals surface area contributed by atoms with Gasteiger partial charge >= 0.3 is 0 Å². The van der Waals surface area contributed by atoms with Gasteiger partial charge in [-0.25, -0.2) is 4.98 Å². The summed E-state index contributed by atoms with van der Waals surface area (Å²) in [6.07, 6.45) is 5.04. The largest absolute Gasteiger partial charge is 0.434 e. The lowest BCUT2D eigenvalue weighted by Gasteiger charge is -2.06. The van der Waals surface area contributed by atoms with Gasteiger partial charge in [-0.2, -0.15) is 15.1 Å². The van der Waals surface area contributed by atoms with Crippen molar-refractivity contribution in [2.45, 2.75) is 20.4 Å². The number of aromatic nitrogens is 6. The minimum Gasteiger partial charge on any atom is -0.434 e. The smallest absolute Gasteiger partial charge is 0.250 e. The van der Waals surface area contributed by atoms with Crippen LogP contribution in [0.25, 0.3) is 11.2 Å². The summed E-state index contributed by atoms with van der Waals surface area (Å²) < 4.78 is 7.56. The van der Waals surface area contributed by atoms with Crippen LogP contribution in [0.2, 0.25) is 0 Å². The van der Waals surface area contributed by atoms with Crippen LogP contribution < -0.4 is 10.1 Å². The van der Waals surface area contributed by atoms with Crippen LogP contribution in [0, 0.1) is 0 Å². The van der Waals surface area contributed by atoms with Crippen molar-refractivity contribution in [1.82, 2.24) is 29.7 Å². The van der Waals surface area contributed by atoms with Gasteiger partial charge in [0.2, 0.25) is 5.95 Å². The van der Waals surface area contributed by atoms with Crippen LogP contribution in [0.5, 0.6) is 11.6 Å². The number of H-pyrrole nitrogens is 1. The lowest BCUT2D eigenvalue weighted by atomic mass is 10.5. The zero-order valence-electron chi connectivity index (χ0n) is 11.3. The van der Waals surface area contributed by atoms with Gasteiger partial charge in [0.05, 0.1) is 18.7 Å². The van der Waals surface area contributed by atoms with Crippen molar-refractivity contribution in [3.63, 3.8) is 0 Å². The molecule has 20 heavy (non-hydrogen) atoms. The van der Waals surface area contributed by atoms with E-state index in [0.717, 1.165) is 13.1 Å².